The minimum Gasteiger partial charge on any atom is -0.312 e. The maximum Gasteiger partial charge on any atom is 0.272 e. The van der Waals surface area contributed by atoms with Crippen LogP contribution in [0.15, 0.2) is 61.2 Å². The standard InChI is InChI=1S/C30H31F2N5O2S.H2S2/c1-5-26(38)36-13-12-19-7-8-20(15-23(19)36)37-22-9-6-18(16-33-17-30(2,3)4)14-21(22)34-29(37)35-28(39)25-11-10-24(40-25)27(31)32;1-2/h5-11,14-15,27,33H,1,12-13,16-17H2,2-4H3,(H,34,35,39);1-2H. The number of thiol groups is 2. The van der Waals surface area contributed by atoms with Gasteiger partial charge in [0.15, 0.2) is 0 Å². The van der Waals surface area contributed by atoms with Crippen LogP contribution in [-0.4, -0.2) is 34.5 Å². The Bertz CT molecular complexity index is 1610. The van der Waals surface area contributed by atoms with Gasteiger partial charge in [0.25, 0.3) is 12.3 Å². The summed E-state index contributed by atoms with van der Waals surface area (Å²) in [7, 11) is 0. The first kappa shape index (κ1) is 31.7. The Morgan fingerprint density at radius 2 is 1.90 bits per heavy atom. The quantitative estimate of drug-likeness (QED) is 0.0941. The maximum absolute atomic E-state index is 13.1. The van der Waals surface area contributed by atoms with Crippen molar-refractivity contribution in [3.8, 4) is 5.69 Å². The van der Waals surface area contributed by atoms with Crippen LogP contribution in [0.2, 0.25) is 0 Å². The van der Waals surface area contributed by atoms with Crippen LogP contribution < -0.4 is 15.5 Å². The Morgan fingerprint density at radius 1 is 1.14 bits per heavy atom. The van der Waals surface area contributed by atoms with Gasteiger partial charge in [-0.05, 0) is 65.4 Å². The fraction of sp³-hybridized carbons (Fsp3) is 0.300. The molecule has 12 heteroatoms. The number of imidazole rings is 1. The van der Waals surface area contributed by atoms with Crippen LogP contribution in [0, 0.1) is 5.41 Å². The molecular formula is C30H33F2N5O2S3. The number of rotatable bonds is 8. The summed E-state index contributed by atoms with van der Waals surface area (Å²) < 4.78 is 28.1. The Hall–Kier alpha value is -3.19. The fourth-order valence-corrected chi connectivity index (χ4v) is 5.52. The van der Waals surface area contributed by atoms with Crippen LogP contribution in [0.4, 0.5) is 20.4 Å². The molecule has 0 aliphatic carbocycles. The number of thiophene rings is 1. The molecule has 2 N–H and O–H groups in total. The first-order valence-corrected chi connectivity index (χ1v) is 15.6. The van der Waals surface area contributed by atoms with Crippen molar-refractivity contribution in [2.45, 2.75) is 40.2 Å². The van der Waals surface area contributed by atoms with E-state index >= 15 is 0 Å². The SMILES string of the molecule is C=CC(=O)N1CCc2ccc(-n3c(NC(=O)c4ccc(C(F)F)s4)nc4cc(CNCC(C)(C)C)ccc43)cc21.SS. The number of aromatic nitrogens is 2. The number of anilines is 2. The minimum absolute atomic E-state index is 0.142. The number of nitrogens with zero attached hydrogens (tertiary/aromatic N) is 3. The molecule has 42 heavy (non-hydrogen) atoms. The van der Waals surface area contributed by atoms with Crippen molar-refractivity contribution in [3.63, 3.8) is 0 Å². The highest BCUT2D eigenvalue weighted by Gasteiger charge is 2.25. The number of halogens is 2. The predicted octanol–water partition coefficient (Wildman–Crippen LogP) is 7.25. The fourth-order valence-electron chi connectivity index (χ4n) is 4.76. The van der Waals surface area contributed by atoms with Crippen molar-refractivity contribution in [1.82, 2.24) is 14.9 Å². The summed E-state index contributed by atoms with van der Waals surface area (Å²) in [5, 5.41) is 6.29. The van der Waals surface area contributed by atoms with Gasteiger partial charge in [-0.1, -0.05) is 39.5 Å². The van der Waals surface area contributed by atoms with Crippen molar-refractivity contribution in [3.05, 3.63) is 82.1 Å². The number of fused-ring (bicyclic) bond motifs is 2. The van der Waals surface area contributed by atoms with Crippen LogP contribution >= 0.6 is 34.7 Å². The van der Waals surface area contributed by atoms with Gasteiger partial charge in [0, 0.05) is 25.3 Å². The lowest BCUT2D eigenvalue weighted by molar-refractivity contribution is -0.114. The predicted molar refractivity (Wildman–Crippen MR) is 174 cm³/mol. The highest BCUT2D eigenvalue weighted by Crippen LogP contribution is 2.34. The average molecular weight is 630 g/mol. The van der Waals surface area contributed by atoms with E-state index in [-0.39, 0.29) is 27.0 Å². The molecule has 7 nitrogen and oxygen atoms in total. The first-order chi connectivity index (χ1) is 20.0. The number of benzene rings is 2. The van der Waals surface area contributed by atoms with Gasteiger partial charge in [-0.2, -0.15) is 0 Å². The lowest BCUT2D eigenvalue weighted by Gasteiger charge is -2.18. The van der Waals surface area contributed by atoms with Gasteiger partial charge in [0.1, 0.15) is 0 Å². The summed E-state index contributed by atoms with van der Waals surface area (Å²) in [6.45, 7) is 12.2. The molecule has 0 saturated heterocycles. The lowest BCUT2D eigenvalue weighted by Crippen LogP contribution is -2.26. The summed E-state index contributed by atoms with van der Waals surface area (Å²) in [5.41, 5.74) is 5.14. The molecule has 0 spiro atoms. The molecule has 0 bridgehead atoms. The van der Waals surface area contributed by atoms with E-state index in [1.54, 1.807) is 4.90 Å². The van der Waals surface area contributed by atoms with E-state index in [0.717, 1.165) is 46.6 Å². The van der Waals surface area contributed by atoms with Gasteiger partial charge < -0.3 is 10.2 Å². The molecule has 1 aliphatic rings. The third-order valence-electron chi connectivity index (χ3n) is 6.66. The van der Waals surface area contributed by atoms with Crippen LogP contribution in [0.3, 0.4) is 0 Å². The second-order valence-corrected chi connectivity index (χ2v) is 12.1. The number of hydrogen-bond acceptors (Lipinski definition) is 7. The van der Waals surface area contributed by atoms with E-state index in [2.05, 4.69) is 61.3 Å². The molecule has 2 amide bonds. The molecule has 222 valence electrons. The average Bonchev–Trinajstić information content (AvgIpc) is 3.69. The molecule has 5 rings (SSSR count). The maximum atomic E-state index is 13.1. The van der Waals surface area contributed by atoms with Gasteiger partial charge in [-0.15, -0.1) is 34.7 Å². The number of carbonyl (C=O) groups excluding carboxylic acids is 2. The van der Waals surface area contributed by atoms with Crippen molar-refractivity contribution >= 4 is 69.1 Å². The zero-order valence-electron chi connectivity index (χ0n) is 23.5. The Morgan fingerprint density at radius 3 is 2.57 bits per heavy atom. The van der Waals surface area contributed by atoms with Crippen molar-refractivity contribution < 1.29 is 18.4 Å². The van der Waals surface area contributed by atoms with Crippen molar-refractivity contribution in [1.29, 1.82) is 0 Å². The molecule has 0 fully saturated rings. The molecule has 2 aromatic heterocycles. The van der Waals surface area contributed by atoms with Crippen molar-refractivity contribution in [2.75, 3.05) is 23.3 Å². The summed E-state index contributed by atoms with van der Waals surface area (Å²) in [6.07, 6.45) is -0.613. The van der Waals surface area contributed by atoms with E-state index < -0.39 is 12.3 Å². The number of alkyl halides is 2. The van der Waals surface area contributed by atoms with E-state index in [9.17, 15) is 18.4 Å². The van der Waals surface area contributed by atoms with Gasteiger partial charge >= 0.3 is 0 Å². The van der Waals surface area contributed by atoms with Gasteiger partial charge in [0.2, 0.25) is 11.9 Å². The van der Waals surface area contributed by atoms with E-state index in [4.69, 9.17) is 4.98 Å². The molecular weight excluding hydrogens is 597 g/mol. The summed E-state index contributed by atoms with van der Waals surface area (Å²) in [5.74, 6) is -0.448. The molecule has 0 saturated carbocycles. The van der Waals surface area contributed by atoms with E-state index in [0.29, 0.717) is 24.3 Å². The number of amides is 2. The third-order valence-corrected chi connectivity index (χ3v) is 7.75. The van der Waals surface area contributed by atoms with Gasteiger partial charge in [-0.25, -0.2) is 13.8 Å². The molecule has 0 radical (unpaired) electrons. The first-order valence-electron chi connectivity index (χ1n) is 13.2. The van der Waals surface area contributed by atoms with Crippen LogP contribution in [-0.2, 0) is 17.8 Å². The topological polar surface area (TPSA) is 79.3 Å². The normalized spacial score (nSPS) is 12.7. The minimum atomic E-state index is -2.64. The van der Waals surface area contributed by atoms with Crippen LogP contribution in [0.5, 0.6) is 0 Å². The second-order valence-electron chi connectivity index (χ2n) is 11.0. The van der Waals surface area contributed by atoms with E-state index in [1.165, 1.54) is 18.2 Å². The molecule has 0 unspecified atom stereocenters. The zero-order chi connectivity index (χ0) is 30.6. The van der Waals surface area contributed by atoms with E-state index in [1.807, 2.05) is 41.0 Å². The number of hydrogen-bond donors (Lipinski definition) is 4. The lowest BCUT2D eigenvalue weighted by atomic mass is 9.97. The molecule has 3 heterocycles. The molecule has 0 atom stereocenters. The summed E-state index contributed by atoms with van der Waals surface area (Å²) in [4.78, 5) is 32.0. The van der Waals surface area contributed by atoms with Gasteiger partial charge in [0.05, 0.1) is 26.5 Å². The Balaban J connectivity index is 0.00000198. The second kappa shape index (κ2) is 13.4. The highest BCUT2D eigenvalue weighted by atomic mass is 33.1. The largest absolute Gasteiger partial charge is 0.312 e. The monoisotopic (exact) mass is 629 g/mol. The smallest absolute Gasteiger partial charge is 0.272 e. The summed E-state index contributed by atoms with van der Waals surface area (Å²) in [6, 6.07) is 14.4. The van der Waals surface area contributed by atoms with Crippen molar-refractivity contribution in [2.24, 2.45) is 5.41 Å². The van der Waals surface area contributed by atoms with Crippen LogP contribution in [0.1, 0.15) is 52.9 Å². The molecule has 2 aromatic carbocycles. The Labute approximate surface area is 258 Å². The third kappa shape index (κ3) is 7.05. The van der Waals surface area contributed by atoms with Crippen LogP contribution in [0.25, 0.3) is 16.7 Å². The highest BCUT2D eigenvalue weighted by molar-refractivity contribution is 8.59. The van der Waals surface area contributed by atoms with Gasteiger partial charge in [-0.3, -0.25) is 19.5 Å². The molecule has 4 aromatic rings. The Kier molecular flexibility index (Phi) is 10.1. The number of nitrogens with one attached hydrogen (secondary N) is 2. The number of carbonyl (C=O) groups is 2. The summed E-state index contributed by atoms with van der Waals surface area (Å²) >= 11 is 7.20. The molecule has 1 aliphatic heterocycles. The zero-order valence-corrected chi connectivity index (χ0v) is 26.1.